The van der Waals surface area contributed by atoms with Gasteiger partial charge in [-0.15, -0.1) is 0 Å². The number of halogens is 1. The molecule has 0 bridgehead atoms. The van der Waals surface area contributed by atoms with Crippen LogP contribution in [0, 0.1) is 0 Å². The number of alkyl halides is 1. The molecule has 1 atom stereocenters. The summed E-state index contributed by atoms with van der Waals surface area (Å²) in [6, 6.07) is 0. The van der Waals surface area contributed by atoms with Crippen molar-refractivity contribution in [1.82, 2.24) is 0 Å². The molecule has 0 aliphatic rings. The third-order valence-corrected chi connectivity index (χ3v) is 1.30. The van der Waals surface area contributed by atoms with Gasteiger partial charge in [-0.2, -0.15) is 0 Å². The lowest BCUT2D eigenvalue weighted by Gasteiger charge is -1.96. The maximum atomic E-state index is 11.9. The van der Waals surface area contributed by atoms with E-state index in [9.17, 15) is 4.39 Å². The molecule has 0 fully saturated rings. The van der Waals surface area contributed by atoms with Crippen LogP contribution in [0.15, 0.2) is 0 Å². The van der Waals surface area contributed by atoms with Crippen molar-refractivity contribution in [1.29, 1.82) is 0 Å². The van der Waals surface area contributed by atoms with Crippen LogP contribution in [-0.2, 0) is 0 Å². The van der Waals surface area contributed by atoms with Gasteiger partial charge in [0.25, 0.3) is 0 Å². The summed E-state index contributed by atoms with van der Waals surface area (Å²) in [7, 11) is 3.60. The normalized spacial score (nSPS) is 13.9. The van der Waals surface area contributed by atoms with Gasteiger partial charge in [-0.3, -0.25) is 0 Å². The summed E-state index contributed by atoms with van der Waals surface area (Å²) in [5.74, 6) is -0.901. The molecule has 0 nitrogen and oxygen atoms in total. The Hall–Kier alpha value is 0.360. The molecule has 0 N–H and O–H groups in total. The minimum atomic E-state index is -0.901. The van der Waals surface area contributed by atoms with Gasteiger partial charge in [0.2, 0.25) is 0 Å². The lowest BCUT2D eigenvalue weighted by molar-refractivity contribution is 0.414. The highest BCUT2D eigenvalue weighted by molar-refractivity contribution is 7.17. The molecule has 48 valence electrons. The van der Waals surface area contributed by atoms with Gasteiger partial charge in [0.05, 0.1) is 0 Å². The second-order valence-electron chi connectivity index (χ2n) is 1.93. The van der Waals surface area contributed by atoms with Gasteiger partial charge in [0.1, 0.15) is 5.91 Å². The van der Waals surface area contributed by atoms with E-state index in [2.05, 4.69) is 16.2 Å². The number of rotatable bonds is 4. The van der Waals surface area contributed by atoms with Crippen LogP contribution in [-0.4, -0.2) is 5.91 Å². The Morgan fingerprint density at radius 3 is 2.50 bits per heavy atom. The molecule has 2 radical (unpaired) electrons. The van der Waals surface area contributed by atoms with Gasteiger partial charge < -0.3 is 0 Å². The lowest BCUT2D eigenvalue weighted by atomic mass is 10.2. The van der Waals surface area contributed by atoms with Crippen LogP contribution in [0.2, 0.25) is 0 Å². The zero-order valence-electron chi connectivity index (χ0n) is 5.23. The first-order chi connectivity index (χ1) is 3.77. The predicted molar refractivity (Wildman–Crippen MR) is 36.0 cm³/mol. The summed E-state index contributed by atoms with van der Waals surface area (Å²) in [4.78, 5) is 0. The standard InChI is InChI=1S/C6H12FP/c1-2-3-4-5-6(7)8/h6H,2-5H2,1H3. The van der Waals surface area contributed by atoms with Crippen molar-refractivity contribution in [3.63, 3.8) is 0 Å². The van der Waals surface area contributed by atoms with E-state index in [4.69, 9.17) is 0 Å². The van der Waals surface area contributed by atoms with E-state index in [1.54, 1.807) is 0 Å². The Kier molecular flexibility index (Phi) is 5.74. The summed E-state index contributed by atoms with van der Waals surface area (Å²) in [5, 5.41) is 0. The van der Waals surface area contributed by atoms with E-state index in [1.807, 2.05) is 0 Å². The highest BCUT2D eigenvalue weighted by Crippen LogP contribution is 2.11. The zero-order valence-corrected chi connectivity index (χ0v) is 6.13. The van der Waals surface area contributed by atoms with E-state index < -0.39 is 5.91 Å². The SMILES string of the molecule is CCCCCC(F)[P]. The van der Waals surface area contributed by atoms with Gasteiger partial charge in [-0.25, -0.2) is 4.39 Å². The average molecular weight is 134 g/mol. The Labute approximate surface area is 53.1 Å². The van der Waals surface area contributed by atoms with Crippen LogP contribution >= 0.6 is 9.24 Å². The minimum Gasteiger partial charge on any atom is -0.242 e. The quantitative estimate of drug-likeness (QED) is 0.409. The molecule has 0 aromatic rings. The van der Waals surface area contributed by atoms with Gasteiger partial charge >= 0.3 is 0 Å². The summed E-state index contributed by atoms with van der Waals surface area (Å²) >= 11 is 0. The van der Waals surface area contributed by atoms with Crippen LogP contribution in [0.4, 0.5) is 4.39 Å². The molecule has 8 heavy (non-hydrogen) atoms. The van der Waals surface area contributed by atoms with Crippen molar-refractivity contribution in [2.24, 2.45) is 0 Å². The van der Waals surface area contributed by atoms with Crippen LogP contribution in [0.5, 0.6) is 0 Å². The topological polar surface area (TPSA) is 0 Å². The van der Waals surface area contributed by atoms with Crippen molar-refractivity contribution < 1.29 is 4.39 Å². The molecule has 0 aromatic carbocycles. The lowest BCUT2D eigenvalue weighted by Crippen LogP contribution is -1.85. The van der Waals surface area contributed by atoms with E-state index in [-0.39, 0.29) is 0 Å². The highest BCUT2D eigenvalue weighted by atomic mass is 31.0. The van der Waals surface area contributed by atoms with Crippen molar-refractivity contribution in [2.45, 2.75) is 38.5 Å². The van der Waals surface area contributed by atoms with Crippen LogP contribution in [0.3, 0.4) is 0 Å². The fourth-order valence-electron chi connectivity index (χ4n) is 0.563. The molecular formula is C6H12FP. The second kappa shape index (κ2) is 5.50. The maximum Gasteiger partial charge on any atom is 0.128 e. The first kappa shape index (κ1) is 8.36. The fraction of sp³-hybridized carbons (Fsp3) is 1.00. The van der Waals surface area contributed by atoms with Crippen molar-refractivity contribution >= 4 is 9.24 Å². The van der Waals surface area contributed by atoms with E-state index >= 15 is 0 Å². The Morgan fingerprint density at radius 1 is 1.50 bits per heavy atom. The molecule has 0 aliphatic carbocycles. The third-order valence-electron chi connectivity index (χ3n) is 1.05. The summed E-state index contributed by atoms with van der Waals surface area (Å²) in [5.41, 5.74) is 0. The Balaban J connectivity index is 2.72. The molecule has 0 heterocycles. The Morgan fingerprint density at radius 2 is 2.12 bits per heavy atom. The van der Waals surface area contributed by atoms with Gasteiger partial charge in [0.15, 0.2) is 0 Å². The maximum absolute atomic E-state index is 11.9. The first-order valence-electron chi connectivity index (χ1n) is 3.09. The summed E-state index contributed by atoms with van der Waals surface area (Å²) in [6.07, 6.45) is 3.86. The zero-order chi connectivity index (χ0) is 6.41. The molecule has 0 amide bonds. The summed E-state index contributed by atoms with van der Waals surface area (Å²) < 4.78 is 11.9. The molecule has 0 saturated carbocycles. The van der Waals surface area contributed by atoms with Crippen LogP contribution in [0.25, 0.3) is 0 Å². The van der Waals surface area contributed by atoms with Crippen molar-refractivity contribution in [3.05, 3.63) is 0 Å². The predicted octanol–water partition coefficient (Wildman–Crippen LogP) is 3.27. The third kappa shape index (κ3) is 6.36. The van der Waals surface area contributed by atoms with Crippen LogP contribution in [0.1, 0.15) is 32.6 Å². The van der Waals surface area contributed by atoms with Gasteiger partial charge in [0, 0.05) is 0 Å². The fourth-order valence-corrected chi connectivity index (χ4v) is 0.745. The average Bonchev–Trinajstić information content (AvgIpc) is 1.66. The van der Waals surface area contributed by atoms with Gasteiger partial charge in [-0.1, -0.05) is 26.2 Å². The van der Waals surface area contributed by atoms with E-state index in [0.717, 1.165) is 19.3 Å². The monoisotopic (exact) mass is 134 g/mol. The number of hydrogen-bond donors (Lipinski definition) is 0. The van der Waals surface area contributed by atoms with E-state index in [1.165, 1.54) is 0 Å². The number of hydrogen-bond acceptors (Lipinski definition) is 0. The molecular weight excluding hydrogens is 122 g/mol. The second-order valence-corrected chi connectivity index (χ2v) is 2.49. The number of unbranched alkanes of at least 4 members (excludes halogenated alkanes) is 2. The Bertz CT molecular complexity index is 45.8. The highest BCUT2D eigenvalue weighted by Gasteiger charge is 1.95. The molecule has 1 unspecified atom stereocenters. The van der Waals surface area contributed by atoms with Crippen molar-refractivity contribution in [3.8, 4) is 0 Å². The van der Waals surface area contributed by atoms with Gasteiger partial charge in [-0.05, 0) is 15.7 Å². The smallest absolute Gasteiger partial charge is 0.128 e. The molecule has 0 spiro atoms. The molecule has 2 heteroatoms. The summed E-state index contributed by atoms with van der Waals surface area (Å²) in [6.45, 7) is 2.10. The molecule has 0 saturated heterocycles. The molecule has 0 aromatic heterocycles. The molecule has 0 rings (SSSR count). The van der Waals surface area contributed by atoms with Crippen LogP contribution < -0.4 is 0 Å². The first-order valence-corrected chi connectivity index (χ1v) is 3.61. The molecule has 0 aliphatic heterocycles. The van der Waals surface area contributed by atoms with Crippen molar-refractivity contribution in [2.75, 3.05) is 0 Å². The van der Waals surface area contributed by atoms with E-state index in [0.29, 0.717) is 6.42 Å². The largest absolute Gasteiger partial charge is 0.242 e. The minimum absolute atomic E-state index is 0.608.